The molecule has 0 radical (unpaired) electrons. The maximum absolute atomic E-state index is 5.56. The van der Waals surface area contributed by atoms with E-state index in [0.29, 0.717) is 25.6 Å². The van der Waals surface area contributed by atoms with Gasteiger partial charge in [-0.25, -0.2) is 0 Å². The van der Waals surface area contributed by atoms with Crippen molar-refractivity contribution in [3.05, 3.63) is 29.8 Å². The third-order valence-electron chi connectivity index (χ3n) is 2.32. The fourth-order valence-corrected chi connectivity index (χ4v) is 1.51. The van der Waals surface area contributed by atoms with Gasteiger partial charge in [0, 0.05) is 0 Å². The van der Waals surface area contributed by atoms with Crippen molar-refractivity contribution in [2.24, 2.45) is 21.7 Å². The van der Waals surface area contributed by atoms with E-state index >= 15 is 0 Å². The Balaban J connectivity index is 1.90. The summed E-state index contributed by atoms with van der Waals surface area (Å²) in [5.74, 6) is 0.618. The molecule has 0 aromatic heterocycles. The number of benzene rings is 1. The first-order valence-corrected chi connectivity index (χ1v) is 5.82. The van der Waals surface area contributed by atoms with E-state index in [0.717, 1.165) is 5.56 Å². The Morgan fingerprint density at radius 3 is 2.89 bits per heavy atom. The molecule has 2 rings (SSSR count). The molecular weight excluding hydrogens is 248 g/mol. The molecule has 102 valence electrons. The maximum Gasteiger partial charge on any atom is 0.211 e. The van der Waals surface area contributed by atoms with E-state index in [1.165, 1.54) is 6.21 Å². The Labute approximate surface area is 110 Å². The normalized spacial score (nSPS) is 15.8. The van der Waals surface area contributed by atoms with Crippen molar-refractivity contribution < 1.29 is 14.2 Å². The van der Waals surface area contributed by atoms with E-state index < -0.39 is 0 Å². The molecule has 1 fully saturated rings. The molecule has 19 heavy (non-hydrogen) atoms. The number of guanidine groups is 1. The summed E-state index contributed by atoms with van der Waals surface area (Å²) in [5, 5.41) is 7.25. The molecular formula is C12H16N4O3. The Morgan fingerprint density at radius 2 is 2.16 bits per heavy atom. The molecule has 1 aromatic rings. The van der Waals surface area contributed by atoms with Crippen LogP contribution in [0.15, 0.2) is 34.5 Å². The first kappa shape index (κ1) is 13.3. The second-order valence-electron chi connectivity index (χ2n) is 3.82. The monoisotopic (exact) mass is 264 g/mol. The SMILES string of the molecule is NC(N)=NN=Cc1cccc(OCC2OCCO2)c1. The van der Waals surface area contributed by atoms with Crippen molar-refractivity contribution in [3.8, 4) is 5.75 Å². The molecule has 0 unspecified atom stereocenters. The van der Waals surface area contributed by atoms with Gasteiger partial charge in [0.25, 0.3) is 0 Å². The molecule has 1 aliphatic heterocycles. The van der Waals surface area contributed by atoms with Crippen LogP contribution >= 0.6 is 0 Å². The van der Waals surface area contributed by atoms with E-state index in [4.69, 9.17) is 25.7 Å². The Hall–Kier alpha value is -2.12. The summed E-state index contributed by atoms with van der Waals surface area (Å²) >= 11 is 0. The molecule has 7 heteroatoms. The molecule has 0 amide bonds. The van der Waals surface area contributed by atoms with Crippen LogP contribution < -0.4 is 16.2 Å². The molecule has 0 atom stereocenters. The largest absolute Gasteiger partial charge is 0.488 e. The zero-order chi connectivity index (χ0) is 13.5. The fourth-order valence-electron chi connectivity index (χ4n) is 1.51. The molecule has 0 aliphatic carbocycles. The first-order valence-electron chi connectivity index (χ1n) is 5.82. The van der Waals surface area contributed by atoms with Crippen molar-refractivity contribution in [1.82, 2.24) is 0 Å². The van der Waals surface area contributed by atoms with Crippen LogP contribution in [0, 0.1) is 0 Å². The van der Waals surface area contributed by atoms with Crippen molar-refractivity contribution in [2.45, 2.75) is 6.29 Å². The summed E-state index contributed by atoms with van der Waals surface area (Å²) in [6.45, 7) is 1.58. The van der Waals surface area contributed by atoms with Crippen molar-refractivity contribution >= 4 is 12.2 Å². The van der Waals surface area contributed by atoms with E-state index in [9.17, 15) is 0 Å². The summed E-state index contributed by atoms with van der Waals surface area (Å²) in [6, 6.07) is 7.37. The Bertz CT molecular complexity index is 466. The van der Waals surface area contributed by atoms with Gasteiger partial charge in [-0.05, 0) is 17.7 Å². The minimum absolute atomic E-state index is 0.0841. The Morgan fingerprint density at radius 1 is 1.37 bits per heavy atom. The van der Waals surface area contributed by atoms with E-state index in [1.54, 1.807) is 0 Å². The third-order valence-corrected chi connectivity index (χ3v) is 2.32. The lowest BCUT2D eigenvalue weighted by Crippen LogP contribution is -2.21. The average Bonchev–Trinajstić information content (AvgIpc) is 2.89. The number of rotatable bonds is 5. The van der Waals surface area contributed by atoms with Crippen LogP contribution in [0.3, 0.4) is 0 Å². The quantitative estimate of drug-likeness (QED) is 0.444. The highest BCUT2D eigenvalue weighted by Gasteiger charge is 2.16. The fraction of sp³-hybridized carbons (Fsp3) is 0.333. The summed E-state index contributed by atoms with van der Waals surface area (Å²) in [6.07, 6.45) is 1.24. The topological polar surface area (TPSA) is 104 Å². The molecule has 0 saturated carbocycles. The van der Waals surface area contributed by atoms with Gasteiger partial charge in [-0.3, -0.25) is 0 Å². The van der Waals surface area contributed by atoms with Gasteiger partial charge in [0.1, 0.15) is 12.4 Å². The molecule has 1 aromatic carbocycles. The van der Waals surface area contributed by atoms with Crippen LogP contribution in [-0.2, 0) is 9.47 Å². The lowest BCUT2D eigenvalue weighted by Gasteiger charge is -2.11. The lowest BCUT2D eigenvalue weighted by molar-refractivity contribution is -0.0684. The molecule has 4 N–H and O–H groups in total. The smallest absolute Gasteiger partial charge is 0.211 e. The minimum atomic E-state index is -0.293. The van der Waals surface area contributed by atoms with Crippen LogP contribution in [-0.4, -0.2) is 38.3 Å². The molecule has 7 nitrogen and oxygen atoms in total. The van der Waals surface area contributed by atoms with Crippen molar-refractivity contribution in [1.29, 1.82) is 0 Å². The van der Waals surface area contributed by atoms with Crippen molar-refractivity contribution in [2.75, 3.05) is 19.8 Å². The van der Waals surface area contributed by atoms with Gasteiger partial charge in [0.05, 0.1) is 19.4 Å². The summed E-state index contributed by atoms with van der Waals surface area (Å²) in [5.41, 5.74) is 11.2. The lowest BCUT2D eigenvalue weighted by atomic mass is 10.2. The van der Waals surface area contributed by atoms with Gasteiger partial charge in [-0.2, -0.15) is 5.10 Å². The average molecular weight is 264 g/mol. The minimum Gasteiger partial charge on any atom is -0.488 e. The maximum atomic E-state index is 5.56. The second kappa shape index (κ2) is 6.72. The number of ether oxygens (including phenoxy) is 3. The summed E-state index contributed by atoms with van der Waals surface area (Å²) in [7, 11) is 0. The van der Waals surface area contributed by atoms with Crippen LogP contribution in [0.2, 0.25) is 0 Å². The van der Waals surface area contributed by atoms with Gasteiger partial charge in [-0.15, -0.1) is 5.10 Å². The molecule has 1 saturated heterocycles. The standard InChI is InChI=1S/C12H16N4O3/c13-12(14)16-15-7-9-2-1-3-10(6-9)19-8-11-17-4-5-18-11/h1-3,6-7,11H,4-5,8H2,(H4,13,14,16). The number of hydrogen-bond acceptors (Lipinski definition) is 5. The van der Waals surface area contributed by atoms with Crippen molar-refractivity contribution in [3.63, 3.8) is 0 Å². The molecule has 1 heterocycles. The van der Waals surface area contributed by atoms with Gasteiger partial charge >= 0.3 is 0 Å². The zero-order valence-corrected chi connectivity index (χ0v) is 10.4. The summed E-state index contributed by atoms with van der Waals surface area (Å²) in [4.78, 5) is 0. The van der Waals surface area contributed by atoms with Gasteiger partial charge in [-0.1, -0.05) is 12.1 Å². The van der Waals surface area contributed by atoms with E-state index in [-0.39, 0.29) is 12.2 Å². The van der Waals surface area contributed by atoms with Crippen LogP contribution in [0.1, 0.15) is 5.56 Å². The molecule has 1 aliphatic rings. The molecule has 0 bridgehead atoms. The summed E-state index contributed by atoms with van der Waals surface area (Å²) < 4.78 is 16.1. The number of nitrogens with two attached hydrogens (primary N) is 2. The van der Waals surface area contributed by atoms with E-state index in [2.05, 4.69) is 10.2 Å². The van der Waals surface area contributed by atoms with Crippen LogP contribution in [0.4, 0.5) is 0 Å². The highest BCUT2D eigenvalue weighted by Crippen LogP contribution is 2.14. The predicted molar refractivity (Wildman–Crippen MR) is 71.0 cm³/mol. The zero-order valence-electron chi connectivity index (χ0n) is 10.4. The van der Waals surface area contributed by atoms with Crippen LogP contribution in [0.5, 0.6) is 5.75 Å². The highest BCUT2D eigenvalue weighted by atomic mass is 16.7. The predicted octanol–water partition coefficient (Wildman–Crippen LogP) is 0.0456. The first-order chi connectivity index (χ1) is 9.24. The van der Waals surface area contributed by atoms with Gasteiger partial charge in [0.2, 0.25) is 5.96 Å². The highest BCUT2D eigenvalue weighted by molar-refractivity contribution is 5.81. The molecule has 0 spiro atoms. The number of nitrogens with zero attached hydrogens (tertiary/aromatic N) is 2. The van der Waals surface area contributed by atoms with Gasteiger partial charge < -0.3 is 25.7 Å². The Kier molecular flexibility index (Phi) is 4.71. The second-order valence-corrected chi connectivity index (χ2v) is 3.82. The van der Waals surface area contributed by atoms with E-state index in [1.807, 2.05) is 24.3 Å². The van der Waals surface area contributed by atoms with Gasteiger partial charge in [0.15, 0.2) is 6.29 Å². The van der Waals surface area contributed by atoms with Crippen LogP contribution in [0.25, 0.3) is 0 Å². The third kappa shape index (κ3) is 4.57. The number of hydrogen-bond donors (Lipinski definition) is 2.